The number of aromatic nitrogens is 2. The van der Waals surface area contributed by atoms with Gasteiger partial charge in [-0.05, 0) is 70.5 Å². The van der Waals surface area contributed by atoms with Gasteiger partial charge in [0.25, 0.3) is 0 Å². The van der Waals surface area contributed by atoms with Gasteiger partial charge < -0.3 is 5.32 Å². The van der Waals surface area contributed by atoms with Crippen molar-refractivity contribution in [3.05, 3.63) is 48.8 Å². The van der Waals surface area contributed by atoms with Gasteiger partial charge in [0.1, 0.15) is 0 Å². The molecule has 1 N–H and O–H groups in total. The molecule has 2 aromatic rings. The number of nitrogens with zero attached hydrogens (tertiary/aromatic N) is 2. The van der Waals surface area contributed by atoms with E-state index in [9.17, 15) is 0 Å². The SMILES string of the molecule is CNC(Cc1c(Br)c(C)nn1C)c1cccc(C)c1I. The number of aryl methyl sites for hydroxylation is 3. The summed E-state index contributed by atoms with van der Waals surface area (Å²) in [5, 5.41) is 7.90. The van der Waals surface area contributed by atoms with Crippen LogP contribution in [-0.2, 0) is 13.5 Å². The first-order valence-corrected chi connectivity index (χ1v) is 8.43. The van der Waals surface area contributed by atoms with Gasteiger partial charge in [0.2, 0.25) is 0 Å². The van der Waals surface area contributed by atoms with Crippen LogP contribution in [-0.4, -0.2) is 16.8 Å². The monoisotopic (exact) mass is 447 g/mol. The molecule has 1 aromatic heterocycles. The summed E-state index contributed by atoms with van der Waals surface area (Å²) in [6.45, 7) is 4.18. The normalized spacial score (nSPS) is 12.7. The third kappa shape index (κ3) is 3.09. The first-order valence-electron chi connectivity index (χ1n) is 6.56. The minimum atomic E-state index is 0.285. The maximum atomic E-state index is 4.47. The van der Waals surface area contributed by atoms with Crippen molar-refractivity contribution < 1.29 is 0 Å². The van der Waals surface area contributed by atoms with E-state index in [-0.39, 0.29) is 6.04 Å². The van der Waals surface area contributed by atoms with Crippen LogP contribution in [0.4, 0.5) is 0 Å². The van der Waals surface area contributed by atoms with Gasteiger partial charge in [0, 0.05) is 23.1 Å². The molecule has 0 spiro atoms. The summed E-state index contributed by atoms with van der Waals surface area (Å²) in [4.78, 5) is 0. The molecule has 0 aliphatic carbocycles. The van der Waals surface area contributed by atoms with Crippen LogP contribution < -0.4 is 5.32 Å². The topological polar surface area (TPSA) is 29.9 Å². The Bertz CT molecular complexity index is 622. The van der Waals surface area contributed by atoms with E-state index in [0.717, 1.165) is 16.6 Å². The molecule has 2 rings (SSSR count). The van der Waals surface area contributed by atoms with Crippen LogP contribution in [0.15, 0.2) is 22.7 Å². The summed E-state index contributed by atoms with van der Waals surface area (Å²) in [6, 6.07) is 6.77. The second-order valence-electron chi connectivity index (χ2n) is 4.99. The highest BCUT2D eigenvalue weighted by molar-refractivity contribution is 14.1. The molecule has 3 nitrogen and oxygen atoms in total. The van der Waals surface area contributed by atoms with Crippen molar-refractivity contribution in [3.63, 3.8) is 0 Å². The van der Waals surface area contributed by atoms with Gasteiger partial charge in [-0.25, -0.2) is 0 Å². The number of rotatable bonds is 4. The number of nitrogens with one attached hydrogen (secondary N) is 1. The number of hydrogen-bond donors (Lipinski definition) is 1. The molecule has 0 saturated carbocycles. The first-order chi connectivity index (χ1) is 9.45. The molecule has 0 radical (unpaired) electrons. The zero-order valence-corrected chi connectivity index (χ0v) is 15.9. The summed E-state index contributed by atoms with van der Waals surface area (Å²) in [6.07, 6.45) is 0.911. The van der Waals surface area contributed by atoms with Crippen molar-refractivity contribution >= 4 is 38.5 Å². The molecule has 1 heterocycles. The average molecular weight is 448 g/mol. The van der Waals surface area contributed by atoms with Gasteiger partial charge in [-0.2, -0.15) is 5.10 Å². The molecule has 0 saturated heterocycles. The number of hydrogen-bond acceptors (Lipinski definition) is 2. The number of benzene rings is 1. The van der Waals surface area contributed by atoms with Crippen LogP contribution in [0, 0.1) is 17.4 Å². The summed E-state index contributed by atoms with van der Waals surface area (Å²) in [5.41, 5.74) is 4.93. The predicted octanol–water partition coefficient (Wildman–Crippen LogP) is 3.91. The van der Waals surface area contributed by atoms with Crippen LogP contribution in [0.5, 0.6) is 0 Å². The molecule has 0 amide bonds. The third-order valence-corrected chi connectivity index (χ3v) is 6.11. The standard InChI is InChI=1S/C15H19BrIN3/c1-9-6-5-7-11(15(9)17)12(18-3)8-13-14(16)10(2)19-20(13)4/h5-7,12,18H,8H2,1-4H3. The lowest BCUT2D eigenvalue weighted by Crippen LogP contribution is -2.21. The summed E-state index contributed by atoms with van der Waals surface area (Å²) >= 11 is 6.09. The van der Waals surface area contributed by atoms with Crippen LogP contribution >= 0.6 is 38.5 Å². The Labute approximate surface area is 142 Å². The second-order valence-corrected chi connectivity index (χ2v) is 6.86. The van der Waals surface area contributed by atoms with E-state index < -0.39 is 0 Å². The van der Waals surface area contributed by atoms with Gasteiger partial charge in [-0.15, -0.1) is 0 Å². The van der Waals surface area contributed by atoms with E-state index in [4.69, 9.17) is 0 Å². The number of likely N-dealkylation sites (N-methyl/N-ethyl adjacent to an activating group) is 1. The zero-order chi connectivity index (χ0) is 14.9. The minimum absolute atomic E-state index is 0.285. The molecule has 0 aliphatic rings. The lowest BCUT2D eigenvalue weighted by molar-refractivity contribution is 0.558. The van der Waals surface area contributed by atoms with E-state index >= 15 is 0 Å². The van der Waals surface area contributed by atoms with Gasteiger partial charge in [0.15, 0.2) is 0 Å². The maximum Gasteiger partial charge on any atom is 0.0738 e. The van der Waals surface area contributed by atoms with E-state index in [2.05, 4.69) is 74.1 Å². The Morgan fingerprint density at radius 2 is 2.10 bits per heavy atom. The largest absolute Gasteiger partial charge is 0.313 e. The van der Waals surface area contributed by atoms with E-state index in [0.29, 0.717) is 0 Å². The van der Waals surface area contributed by atoms with Crippen molar-refractivity contribution in [2.24, 2.45) is 7.05 Å². The molecular weight excluding hydrogens is 429 g/mol. The molecular formula is C15H19BrIN3. The highest BCUT2D eigenvalue weighted by Gasteiger charge is 2.19. The zero-order valence-electron chi connectivity index (χ0n) is 12.2. The highest BCUT2D eigenvalue weighted by Crippen LogP contribution is 2.29. The Balaban J connectivity index is 2.36. The minimum Gasteiger partial charge on any atom is -0.313 e. The summed E-state index contributed by atoms with van der Waals surface area (Å²) in [5.74, 6) is 0. The van der Waals surface area contributed by atoms with Crippen LogP contribution in [0.25, 0.3) is 0 Å². The Morgan fingerprint density at radius 3 is 2.65 bits per heavy atom. The first kappa shape index (κ1) is 16.0. The molecule has 1 atom stereocenters. The molecule has 20 heavy (non-hydrogen) atoms. The van der Waals surface area contributed by atoms with Gasteiger partial charge in [0.05, 0.1) is 15.9 Å². The van der Waals surface area contributed by atoms with Crippen LogP contribution in [0.3, 0.4) is 0 Å². The molecule has 108 valence electrons. The van der Waals surface area contributed by atoms with Crippen molar-refractivity contribution in [1.82, 2.24) is 15.1 Å². The highest BCUT2D eigenvalue weighted by atomic mass is 127. The van der Waals surface area contributed by atoms with Gasteiger partial charge in [-0.3, -0.25) is 4.68 Å². The molecule has 0 bridgehead atoms. The third-order valence-electron chi connectivity index (χ3n) is 3.60. The van der Waals surface area contributed by atoms with E-state index in [1.54, 1.807) is 0 Å². The summed E-state index contributed by atoms with van der Waals surface area (Å²) < 4.78 is 4.41. The second kappa shape index (κ2) is 6.58. The molecule has 1 unspecified atom stereocenters. The fraction of sp³-hybridized carbons (Fsp3) is 0.400. The van der Waals surface area contributed by atoms with Crippen molar-refractivity contribution in [1.29, 1.82) is 0 Å². The Morgan fingerprint density at radius 1 is 1.40 bits per heavy atom. The van der Waals surface area contributed by atoms with Gasteiger partial charge in [-0.1, -0.05) is 18.2 Å². The summed E-state index contributed by atoms with van der Waals surface area (Å²) in [7, 11) is 4.02. The van der Waals surface area contributed by atoms with Crippen molar-refractivity contribution in [2.75, 3.05) is 7.05 Å². The fourth-order valence-electron chi connectivity index (χ4n) is 2.40. The molecule has 5 heteroatoms. The maximum absolute atomic E-state index is 4.47. The molecule has 0 fully saturated rings. The van der Waals surface area contributed by atoms with E-state index in [1.807, 2.05) is 25.7 Å². The Kier molecular flexibility index (Phi) is 5.25. The quantitative estimate of drug-likeness (QED) is 0.720. The van der Waals surface area contributed by atoms with Gasteiger partial charge >= 0.3 is 0 Å². The van der Waals surface area contributed by atoms with Crippen molar-refractivity contribution in [2.45, 2.75) is 26.3 Å². The predicted molar refractivity (Wildman–Crippen MR) is 95.0 cm³/mol. The number of halogens is 2. The smallest absolute Gasteiger partial charge is 0.0738 e. The fourth-order valence-corrected chi connectivity index (χ4v) is 3.64. The van der Waals surface area contributed by atoms with Crippen molar-refractivity contribution in [3.8, 4) is 0 Å². The van der Waals surface area contributed by atoms with E-state index in [1.165, 1.54) is 20.4 Å². The molecule has 1 aromatic carbocycles. The average Bonchev–Trinajstić information content (AvgIpc) is 2.65. The lowest BCUT2D eigenvalue weighted by atomic mass is 10.00. The van der Waals surface area contributed by atoms with Crippen LogP contribution in [0.2, 0.25) is 0 Å². The Hall–Kier alpha value is -0.400. The van der Waals surface area contributed by atoms with Crippen LogP contribution in [0.1, 0.15) is 28.6 Å². The molecule has 0 aliphatic heterocycles. The lowest BCUT2D eigenvalue weighted by Gasteiger charge is -2.19.